The van der Waals surface area contributed by atoms with Crippen LogP contribution in [0.5, 0.6) is 5.75 Å². The molecule has 21 heavy (non-hydrogen) atoms. The average Bonchev–Trinajstić information content (AvgIpc) is 3.17. The third-order valence-electron chi connectivity index (χ3n) is 3.19. The molecule has 5 heteroatoms. The minimum Gasteiger partial charge on any atom is -0.508 e. The topological polar surface area (TPSA) is 59.2 Å². The van der Waals surface area contributed by atoms with Crippen LogP contribution >= 0.6 is 11.3 Å². The molecule has 1 N–H and O–H groups in total. The van der Waals surface area contributed by atoms with Gasteiger partial charge in [0.1, 0.15) is 16.3 Å². The first-order chi connectivity index (χ1) is 10.3. The number of nitrogens with zero attached hydrogens (tertiary/aromatic N) is 2. The molecule has 102 valence electrons. The van der Waals surface area contributed by atoms with Crippen LogP contribution in [0.25, 0.3) is 33.1 Å². The summed E-state index contributed by atoms with van der Waals surface area (Å²) in [7, 11) is 0. The van der Waals surface area contributed by atoms with Crippen molar-refractivity contribution in [2.24, 2.45) is 0 Å². The van der Waals surface area contributed by atoms with Gasteiger partial charge in [0.2, 0.25) is 5.89 Å². The fourth-order valence-corrected chi connectivity index (χ4v) is 2.86. The number of aromatic nitrogens is 2. The van der Waals surface area contributed by atoms with E-state index in [1.165, 1.54) is 0 Å². The second-order valence-electron chi connectivity index (χ2n) is 4.56. The number of para-hydroxylation sites is 1. The summed E-state index contributed by atoms with van der Waals surface area (Å²) in [6.07, 6.45) is 1.77. The molecule has 0 saturated heterocycles. The summed E-state index contributed by atoms with van der Waals surface area (Å²) >= 11 is 1.57. The molecule has 0 aliphatic carbocycles. The Morgan fingerprint density at radius 3 is 2.67 bits per heavy atom. The van der Waals surface area contributed by atoms with Gasteiger partial charge in [-0.2, -0.15) is 0 Å². The Labute approximate surface area is 124 Å². The number of thiazole rings is 1. The van der Waals surface area contributed by atoms with Gasteiger partial charge in [-0.05, 0) is 36.4 Å². The predicted molar refractivity (Wildman–Crippen MR) is 82.2 cm³/mol. The third-order valence-corrected chi connectivity index (χ3v) is 4.00. The number of oxazole rings is 1. The van der Waals surface area contributed by atoms with Crippen molar-refractivity contribution >= 4 is 22.4 Å². The van der Waals surface area contributed by atoms with Crippen LogP contribution in [0.15, 0.2) is 58.5 Å². The first kappa shape index (κ1) is 12.1. The van der Waals surface area contributed by atoms with E-state index in [4.69, 9.17) is 4.42 Å². The number of rotatable bonds is 2. The maximum Gasteiger partial charge on any atom is 0.227 e. The van der Waals surface area contributed by atoms with Crippen LogP contribution in [-0.4, -0.2) is 15.1 Å². The SMILES string of the molecule is Oc1ccc(-c2nc3cccc(-c4nccs4)c3o2)cc1. The minimum absolute atomic E-state index is 0.221. The number of hydrogen-bond acceptors (Lipinski definition) is 5. The summed E-state index contributed by atoms with van der Waals surface area (Å²) < 4.78 is 5.92. The average molecular weight is 294 g/mol. The van der Waals surface area contributed by atoms with Crippen LogP contribution in [0.1, 0.15) is 0 Å². The molecule has 0 amide bonds. The zero-order valence-electron chi connectivity index (χ0n) is 10.9. The molecule has 0 fully saturated rings. The number of fused-ring (bicyclic) bond motifs is 1. The molecule has 4 rings (SSSR count). The molecule has 2 aromatic carbocycles. The molecule has 0 spiro atoms. The van der Waals surface area contributed by atoms with Crippen molar-refractivity contribution < 1.29 is 9.52 Å². The molecule has 0 unspecified atom stereocenters. The van der Waals surface area contributed by atoms with E-state index in [-0.39, 0.29) is 5.75 Å². The number of phenolic OH excluding ortho intramolecular Hbond substituents is 1. The van der Waals surface area contributed by atoms with Crippen LogP contribution < -0.4 is 0 Å². The molecule has 0 aliphatic rings. The molecule has 4 aromatic rings. The van der Waals surface area contributed by atoms with Gasteiger partial charge in [0.05, 0.1) is 5.56 Å². The summed E-state index contributed by atoms with van der Waals surface area (Å²) in [5.74, 6) is 0.757. The Bertz CT molecular complexity index is 896. The molecular formula is C16H10N2O2S. The molecule has 0 aliphatic heterocycles. The van der Waals surface area contributed by atoms with E-state index >= 15 is 0 Å². The van der Waals surface area contributed by atoms with Crippen molar-refractivity contribution in [1.82, 2.24) is 9.97 Å². The van der Waals surface area contributed by atoms with E-state index < -0.39 is 0 Å². The lowest BCUT2D eigenvalue weighted by molar-refractivity contribution is 0.475. The second-order valence-corrected chi connectivity index (χ2v) is 5.45. The van der Waals surface area contributed by atoms with Crippen LogP contribution in [-0.2, 0) is 0 Å². The van der Waals surface area contributed by atoms with Gasteiger partial charge < -0.3 is 9.52 Å². The monoisotopic (exact) mass is 294 g/mol. The predicted octanol–water partition coefficient (Wildman–Crippen LogP) is 4.32. The van der Waals surface area contributed by atoms with E-state index in [0.717, 1.165) is 27.2 Å². The second kappa shape index (κ2) is 4.71. The van der Waals surface area contributed by atoms with Crippen LogP contribution in [0.4, 0.5) is 0 Å². The summed E-state index contributed by atoms with van der Waals surface area (Å²) in [6.45, 7) is 0. The fourth-order valence-electron chi connectivity index (χ4n) is 2.20. The maximum absolute atomic E-state index is 9.35. The number of phenols is 1. The highest BCUT2D eigenvalue weighted by molar-refractivity contribution is 7.13. The summed E-state index contributed by atoms with van der Waals surface area (Å²) in [6, 6.07) is 12.6. The largest absolute Gasteiger partial charge is 0.508 e. The lowest BCUT2D eigenvalue weighted by Gasteiger charge is -1.96. The van der Waals surface area contributed by atoms with Gasteiger partial charge in [-0.1, -0.05) is 6.07 Å². The zero-order chi connectivity index (χ0) is 14.2. The molecule has 0 bridgehead atoms. The van der Waals surface area contributed by atoms with E-state index in [2.05, 4.69) is 9.97 Å². The zero-order valence-corrected chi connectivity index (χ0v) is 11.7. The first-order valence-electron chi connectivity index (χ1n) is 6.40. The Morgan fingerprint density at radius 1 is 1.05 bits per heavy atom. The van der Waals surface area contributed by atoms with Gasteiger partial charge >= 0.3 is 0 Å². The molecule has 0 radical (unpaired) electrons. The van der Waals surface area contributed by atoms with Gasteiger partial charge in [0.25, 0.3) is 0 Å². The molecule has 4 nitrogen and oxygen atoms in total. The lowest BCUT2D eigenvalue weighted by atomic mass is 10.2. The molecule has 2 heterocycles. The normalized spacial score (nSPS) is 11.0. The summed E-state index contributed by atoms with van der Waals surface area (Å²) in [5, 5.41) is 12.2. The van der Waals surface area contributed by atoms with Gasteiger partial charge in [-0.15, -0.1) is 11.3 Å². The smallest absolute Gasteiger partial charge is 0.227 e. The highest BCUT2D eigenvalue weighted by Crippen LogP contribution is 2.33. The Balaban J connectivity index is 1.90. The summed E-state index contributed by atoms with van der Waals surface area (Å²) in [4.78, 5) is 8.84. The van der Waals surface area contributed by atoms with Gasteiger partial charge in [0, 0.05) is 17.1 Å². The van der Waals surface area contributed by atoms with E-state index in [0.29, 0.717) is 5.89 Å². The summed E-state index contributed by atoms with van der Waals surface area (Å²) in [5.41, 5.74) is 3.30. The number of aromatic hydroxyl groups is 1. The Morgan fingerprint density at radius 2 is 1.90 bits per heavy atom. The van der Waals surface area contributed by atoms with Crippen molar-refractivity contribution in [2.75, 3.05) is 0 Å². The van der Waals surface area contributed by atoms with Crippen molar-refractivity contribution in [1.29, 1.82) is 0 Å². The first-order valence-corrected chi connectivity index (χ1v) is 7.28. The highest BCUT2D eigenvalue weighted by Gasteiger charge is 2.13. The minimum atomic E-state index is 0.221. The number of benzene rings is 2. The van der Waals surface area contributed by atoms with E-state index in [1.807, 2.05) is 23.6 Å². The van der Waals surface area contributed by atoms with Crippen molar-refractivity contribution in [3.63, 3.8) is 0 Å². The van der Waals surface area contributed by atoms with Crippen LogP contribution in [0.2, 0.25) is 0 Å². The maximum atomic E-state index is 9.35. The quantitative estimate of drug-likeness (QED) is 0.598. The molecule has 0 atom stereocenters. The van der Waals surface area contributed by atoms with Crippen molar-refractivity contribution in [3.05, 3.63) is 54.0 Å². The van der Waals surface area contributed by atoms with Gasteiger partial charge in [-0.3, -0.25) is 0 Å². The van der Waals surface area contributed by atoms with Crippen LogP contribution in [0.3, 0.4) is 0 Å². The Kier molecular flexibility index (Phi) is 2.72. The van der Waals surface area contributed by atoms with E-state index in [1.54, 1.807) is 41.8 Å². The van der Waals surface area contributed by atoms with Crippen LogP contribution in [0, 0.1) is 0 Å². The van der Waals surface area contributed by atoms with Gasteiger partial charge in [-0.25, -0.2) is 9.97 Å². The lowest BCUT2D eigenvalue weighted by Crippen LogP contribution is -1.76. The molecule has 2 aromatic heterocycles. The standard InChI is InChI=1S/C16H10N2O2S/c19-11-6-4-10(5-7-11)15-18-13-3-1-2-12(14(13)20-15)16-17-8-9-21-16/h1-9,19H. The van der Waals surface area contributed by atoms with Crippen molar-refractivity contribution in [2.45, 2.75) is 0 Å². The fraction of sp³-hybridized carbons (Fsp3) is 0. The molecule has 0 saturated carbocycles. The molecular weight excluding hydrogens is 284 g/mol. The Hall–Kier alpha value is -2.66. The van der Waals surface area contributed by atoms with Gasteiger partial charge in [0.15, 0.2) is 5.58 Å². The highest BCUT2D eigenvalue weighted by atomic mass is 32.1. The van der Waals surface area contributed by atoms with E-state index in [9.17, 15) is 5.11 Å². The van der Waals surface area contributed by atoms with Crippen molar-refractivity contribution in [3.8, 4) is 27.8 Å². The number of hydrogen-bond donors (Lipinski definition) is 1. The third kappa shape index (κ3) is 2.08.